The topological polar surface area (TPSA) is 29.5 Å². The molecule has 0 aromatic heterocycles. The minimum absolute atomic E-state index is 0.0297. The number of aliphatic hydroxyl groups excluding tert-OH is 1. The van der Waals surface area contributed by atoms with Crippen LogP contribution in [0, 0.1) is 0 Å². The number of methoxy groups -OCH3 is 1. The normalized spacial score (nSPS) is 10.4. The number of aliphatic hydroxyl groups is 1. The lowest BCUT2D eigenvalue weighted by Gasteiger charge is -2.11. The summed E-state index contributed by atoms with van der Waals surface area (Å²) in [5.41, 5.74) is 0.818. The molecular formula is C14H13ClO2S. The molecule has 0 atom stereocenters. The van der Waals surface area contributed by atoms with Crippen molar-refractivity contribution in [3.63, 3.8) is 0 Å². The number of hydrogen-bond acceptors (Lipinski definition) is 3. The fraction of sp³-hybridized carbons (Fsp3) is 0.143. The summed E-state index contributed by atoms with van der Waals surface area (Å²) in [5.74, 6) is 0.798. The number of benzene rings is 2. The van der Waals surface area contributed by atoms with Gasteiger partial charge in [0.05, 0.1) is 23.6 Å². The molecule has 94 valence electrons. The highest BCUT2D eigenvalue weighted by Gasteiger charge is 2.11. The number of rotatable bonds is 4. The maximum Gasteiger partial charge on any atom is 0.132 e. The Hall–Kier alpha value is -1.16. The van der Waals surface area contributed by atoms with Crippen molar-refractivity contribution in [2.75, 3.05) is 7.11 Å². The predicted octanol–water partition coefficient (Wildman–Crippen LogP) is 3.99. The first-order valence-electron chi connectivity index (χ1n) is 5.45. The lowest BCUT2D eigenvalue weighted by molar-refractivity contribution is 0.279. The molecule has 0 saturated carbocycles. The SMILES string of the molecule is COc1ccccc1Sc1c(Cl)cccc1CO. The van der Waals surface area contributed by atoms with Crippen LogP contribution >= 0.6 is 23.4 Å². The van der Waals surface area contributed by atoms with Gasteiger partial charge >= 0.3 is 0 Å². The van der Waals surface area contributed by atoms with Crippen LogP contribution in [0.5, 0.6) is 5.75 Å². The minimum atomic E-state index is -0.0297. The van der Waals surface area contributed by atoms with Gasteiger partial charge in [-0.2, -0.15) is 0 Å². The van der Waals surface area contributed by atoms with Gasteiger partial charge in [-0.05, 0) is 23.8 Å². The molecule has 4 heteroatoms. The fourth-order valence-corrected chi connectivity index (χ4v) is 2.96. The Morgan fingerprint density at radius 2 is 1.94 bits per heavy atom. The summed E-state index contributed by atoms with van der Waals surface area (Å²) in [7, 11) is 1.64. The Balaban J connectivity index is 2.39. The van der Waals surface area contributed by atoms with Crippen molar-refractivity contribution in [1.29, 1.82) is 0 Å². The highest BCUT2D eigenvalue weighted by Crippen LogP contribution is 2.40. The lowest BCUT2D eigenvalue weighted by Crippen LogP contribution is -1.90. The molecule has 0 bridgehead atoms. The molecule has 0 fully saturated rings. The van der Waals surface area contributed by atoms with E-state index < -0.39 is 0 Å². The zero-order valence-corrected chi connectivity index (χ0v) is 11.5. The highest BCUT2D eigenvalue weighted by molar-refractivity contribution is 7.99. The second kappa shape index (κ2) is 6.14. The third-order valence-electron chi connectivity index (χ3n) is 2.50. The van der Waals surface area contributed by atoms with E-state index in [9.17, 15) is 5.11 Å². The Bertz CT molecular complexity index is 543. The molecule has 2 aromatic carbocycles. The van der Waals surface area contributed by atoms with Crippen molar-refractivity contribution in [3.8, 4) is 5.75 Å². The molecule has 0 aliphatic heterocycles. The first-order chi connectivity index (χ1) is 8.76. The molecule has 2 rings (SSSR count). The summed E-state index contributed by atoms with van der Waals surface area (Å²) in [5, 5.41) is 9.98. The van der Waals surface area contributed by atoms with Crippen LogP contribution in [-0.2, 0) is 6.61 Å². The molecule has 0 aliphatic rings. The molecule has 2 aromatic rings. The maximum absolute atomic E-state index is 9.34. The average Bonchev–Trinajstić information content (AvgIpc) is 2.41. The quantitative estimate of drug-likeness (QED) is 0.918. The largest absolute Gasteiger partial charge is 0.496 e. The monoisotopic (exact) mass is 280 g/mol. The summed E-state index contributed by atoms with van der Waals surface area (Å²) in [6.07, 6.45) is 0. The van der Waals surface area contributed by atoms with Gasteiger partial charge in [0.2, 0.25) is 0 Å². The van der Waals surface area contributed by atoms with Crippen molar-refractivity contribution in [1.82, 2.24) is 0 Å². The molecule has 0 aliphatic carbocycles. The van der Waals surface area contributed by atoms with E-state index in [2.05, 4.69) is 0 Å². The van der Waals surface area contributed by atoms with Gasteiger partial charge in [-0.15, -0.1) is 0 Å². The molecule has 0 spiro atoms. The van der Waals surface area contributed by atoms with Crippen LogP contribution in [0.1, 0.15) is 5.56 Å². The molecule has 2 nitrogen and oxygen atoms in total. The van der Waals surface area contributed by atoms with Gasteiger partial charge in [-0.1, -0.05) is 47.6 Å². The first-order valence-corrected chi connectivity index (χ1v) is 6.65. The van der Waals surface area contributed by atoms with Gasteiger partial charge in [0.25, 0.3) is 0 Å². The summed E-state index contributed by atoms with van der Waals surface area (Å²) < 4.78 is 5.30. The number of halogens is 1. The first kappa shape index (κ1) is 13.3. The van der Waals surface area contributed by atoms with Gasteiger partial charge in [0, 0.05) is 4.90 Å². The third kappa shape index (κ3) is 2.80. The number of para-hydroxylation sites is 1. The van der Waals surface area contributed by atoms with E-state index in [0.29, 0.717) is 5.02 Å². The van der Waals surface area contributed by atoms with Crippen LogP contribution in [0.4, 0.5) is 0 Å². The second-order valence-electron chi connectivity index (χ2n) is 3.64. The van der Waals surface area contributed by atoms with E-state index in [0.717, 1.165) is 21.1 Å². The van der Waals surface area contributed by atoms with Gasteiger partial charge in [0.15, 0.2) is 0 Å². The molecule has 0 radical (unpaired) electrons. The van der Waals surface area contributed by atoms with Crippen LogP contribution in [0.3, 0.4) is 0 Å². The van der Waals surface area contributed by atoms with Crippen molar-refractivity contribution in [2.45, 2.75) is 16.4 Å². The second-order valence-corrected chi connectivity index (χ2v) is 5.10. The van der Waals surface area contributed by atoms with Crippen LogP contribution < -0.4 is 4.74 Å². The van der Waals surface area contributed by atoms with E-state index in [-0.39, 0.29) is 6.61 Å². The summed E-state index contributed by atoms with van der Waals surface area (Å²) >= 11 is 7.68. The van der Waals surface area contributed by atoms with Crippen LogP contribution in [-0.4, -0.2) is 12.2 Å². The van der Waals surface area contributed by atoms with E-state index >= 15 is 0 Å². The van der Waals surface area contributed by atoms with Crippen molar-refractivity contribution in [3.05, 3.63) is 53.1 Å². The predicted molar refractivity (Wildman–Crippen MR) is 74.5 cm³/mol. The maximum atomic E-state index is 9.34. The van der Waals surface area contributed by atoms with Gasteiger partial charge in [-0.3, -0.25) is 0 Å². The molecule has 1 N–H and O–H groups in total. The fourth-order valence-electron chi connectivity index (χ4n) is 1.61. The summed E-state index contributed by atoms with van der Waals surface area (Å²) in [4.78, 5) is 1.84. The standard InChI is InChI=1S/C14H13ClO2S/c1-17-12-7-2-3-8-13(12)18-14-10(9-16)5-4-6-11(14)15/h2-8,16H,9H2,1H3. The number of ether oxygens (including phenoxy) is 1. The van der Waals surface area contributed by atoms with Crippen molar-refractivity contribution < 1.29 is 9.84 Å². The van der Waals surface area contributed by atoms with Crippen LogP contribution in [0.15, 0.2) is 52.3 Å². The summed E-state index contributed by atoms with van der Waals surface area (Å²) in [6.45, 7) is -0.0297. The van der Waals surface area contributed by atoms with Gasteiger partial charge in [-0.25, -0.2) is 0 Å². The van der Waals surface area contributed by atoms with Gasteiger partial charge < -0.3 is 9.84 Å². The minimum Gasteiger partial charge on any atom is -0.496 e. The van der Waals surface area contributed by atoms with Crippen LogP contribution in [0.2, 0.25) is 5.02 Å². The molecule has 0 amide bonds. The van der Waals surface area contributed by atoms with Gasteiger partial charge in [0.1, 0.15) is 5.75 Å². The Morgan fingerprint density at radius 3 is 2.67 bits per heavy atom. The number of hydrogen-bond donors (Lipinski definition) is 1. The van der Waals surface area contributed by atoms with E-state index in [4.69, 9.17) is 16.3 Å². The van der Waals surface area contributed by atoms with E-state index in [1.54, 1.807) is 7.11 Å². The Kier molecular flexibility index (Phi) is 4.53. The molecule has 18 heavy (non-hydrogen) atoms. The Morgan fingerprint density at radius 1 is 1.17 bits per heavy atom. The zero-order chi connectivity index (χ0) is 13.0. The van der Waals surface area contributed by atoms with Crippen molar-refractivity contribution in [2.24, 2.45) is 0 Å². The highest BCUT2D eigenvalue weighted by atomic mass is 35.5. The Labute approximate surface area is 116 Å². The third-order valence-corrected chi connectivity index (χ3v) is 4.17. The van der Waals surface area contributed by atoms with Crippen LogP contribution in [0.25, 0.3) is 0 Å². The average molecular weight is 281 g/mol. The molecular weight excluding hydrogens is 268 g/mol. The van der Waals surface area contributed by atoms with E-state index in [1.165, 1.54) is 11.8 Å². The lowest BCUT2D eigenvalue weighted by atomic mass is 10.2. The summed E-state index contributed by atoms with van der Waals surface area (Å²) in [6, 6.07) is 13.2. The molecule has 0 saturated heterocycles. The zero-order valence-electron chi connectivity index (χ0n) is 9.89. The molecule has 0 heterocycles. The van der Waals surface area contributed by atoms with E-state index in [1.807, 2.05) is 42.5 Å². The molecule has 0 unspecified atom stereocenters. The van der Waals surface area contributed by atoms with Crippen molar-refractivity contribution >= 4 is 23.4 Å². The smallest absolute Gasteiger partial charge is 0.132 e.